The van der Waals surface area contributed by atoms with E-state index in [2.05, 4.69) is 39.6 Å². The summed E-state index contributed by atoms with van der Waals surface area (Å²) in [7, 11) is 0. The largest absolute Gasteiger partial charge is 0.331 e. The van der Waals surface area contributed by atoms with Gasteiger partial charge in [-0.05, 0) is 48.9 Å². The Morgan fingerprint density at radius 3 is 2.66 bits per heavy atom. The molecular formula is C23H18BrN3OS. The van der Waals surface area contributed by atoms with E-state index in [0.717, 1.165) is 32.2 Å². The van der Waals surface area contributed by atoms with Crippen molar-refractivity contribution in [3.63, 3.8) is 0 Å². The first-order valence-corrected chi connectivity index (χ1v) is 10.7. The standard InChI is InChI=1S/C23H18BrN3OS/c1-15-6-2-3-11-20(15)26-23-27-21(14-29-23)16-7-5-10-19(13-16)25-22(28)17-8-4-9-18(24)12-17/h2-14H,1H3,(H,25,28)(H,26,27). The summed E-state index contributed by atoms with van der Waals surface area (Å²) in [5, 5.41) is 9.16. The number of rotatable bonds is 5. The molecule has 0 aliphatic carbocycles. The zero-order valence-corrected chi connectivity index (χ0v) is 18.0. The highest BCUT2D eigenvalue weighted by atomic mass is 79.9. The first-order valence-electron chi connectivity index (χ1n) is 9.04. The molecule has 0 spiro atoms. The van der Waals surface area contributed by atoms with Crippen LogP contribution in [-0.2, 0) is 0 Å². The number of carbonyl (C=O) groups is 1. The molecule has 3 aromatic carbocycles. The highest BCUT2D eigenvalue weighted by Gasteiger charge is 2.09. The van der Waals surface area contributed by atoms with Crippen LogP contribution in [0.15, 0.2) is 82.6 Å². The van der Waals surface area contributed by atoms with Crippen molar-refractivity contribution in [2.45, 2.75) is 6.92 Å². The molecule has 1 amide bonds. The topological polar surface area (TPSA) is 54.0 Å². The number of halogens is 1. The number of anilines is 3. The Morgan fingerprint density at radius 2 is 1.83 bits per heavy atom. The molecule has 144 valence electrons. The van der Waals surface area contributed by atoms with Crippen LogP contribution in [0.1, 0.15) is 15.9 Å². The zero-order valence-electron chi connectivity index (χ0n) is 15.6. The van der Waals surface area contributed by atoms with Gasteiger partial charge in [-0.3, -0.25) is 4.79 Å². The van der Waals surface area contributed by atoms with E-state index in [0.29, 0.717) is 5.56 Å². The lowest BCUT2D eigenvalue weighted by Crippen LogP contribution is -2.11. The van der Waals surface area contributed by atoms with Crippen LogP contribution in [0, 0.1) is 6.92 Å². The Balaban J connectivity index is 1.51. The Labute approximate surface area is 181 Å². The van der Waals surface area contributed by atoms with Crippen molar-refractivity contribution < 1.29 is 4.79 Å². The lowest BCUT2D eigenvalue weighted by Gasteiger charge is -2.07. The van der Waals surface area contributed by atoms with Crippen molar-refractivity contribution in [2.75, 3.05) is 10.6 Å². The second-order valence-electron chi connectivity index (χ2n) is 6.52. The third kappa shape index (κ3) is 4.72. The number of hydrogen-bond donors (Lipinski definition) is 2. The average Bonchev–Trinajstić information content (AvgIpc) is 3.19. The van der Waals surface area contributed by atoms with Crippen LogP contribution in [0.25, 0.3) is 11.3 Å². The van der Waals surface area contributed by atoms with E-state index in [4.69, 9.17) is 4.98 Å². The van der Waals surface area contributed by atoms with E-state index in [-0.39, 0.29) is 5.91 Å². The monoisotopic (exact) mass is 463 g/mol. The number of amides is 1. The lowest BCUT2D eigenvalue weighted by molar-refractivity contribution is 0.102. The lowest BCUT2D eigenvalue weighted by atomic mass is 10.1. The number of benzene rings is 3. The summed E-state index contributed by atoms with van der Waals surface area (Å²) >= 11 is 4.95. The maximum atomic E-state index is 12.5. The normalized spacial score (nSPS) is 10.6. The molecule has 0 radical (unpaired) electrons. The van der Waals surface area contributed by atoms with Gasteiger partial charge in [0, 0.05) is 32.4 Å². The molecule has 6 heteroatoms. The molecular weight excluding hydrogens is 446 g/mol. The van der Waals surface area contributed by atoms with Gasteiger partial charge < -0.3 is 10.6 Å². The fourth-order valence-electron chi connectivity index (χ4n) is 2.88. The molecule has 0 aliphatic rings. The molecule has 2 N–H and O–H groups in total. The van der Waals surface area contributed by atoms with Gasteiger partial charge in [0.05, 0.1) is 5.69 Å². The molecule has 0 unspecified atom stereocenters. The van der Waals surface area contributed by atoms with Crippen molar-refractivity contribution >= 4 is 49.7 Å². The van der Waals surface area contributed by atoms with E-state index in [1.165, 1.54) is 5.56 Å². The number of aryl methyl sites for hydroxylation is 1. The van der Waals surface area contributed by atoms with E-state index in [1.54, 1.807) is 23.5 Å². The molecule has 29 heavy (non-hydrogen) atoms. The number of nitrogens with zero attached hydrogens (tertiary/aromatic N) is 1. The molecule has 4 nitrogen and oxygen atoms in total. The van der Waals surface area contributed by atoms with Gasteiger partial charge in [0.1, 0.15) is 0 Å². The molecule has 0 bridgehead atoms. The molecule has 0 fully saturated rings. The van der Waals surface area contributed by atoms with Gasteiger partial charge in [0.25, 0.3) is 5.91 Å². The number of nitrogens with one attached hydrogen (secondary N) is 2. The number of hydrogen-bond acceptors (Lipinski definition) is 4. The molecule has 4 rings (SSSR count). The van der Waals surface area contributed by atoms with E-state index in [9.17, 15) is 4.79 Å². The maximum absolute atomic E-state index is 12.5. The third-order valence-corrected chi connectivity index (χ3v) is 5.64. The highest BCUT2D eigenvalue weighted by Crippen LogP contribution is 2.29. The second kappa shape index (κ2) is 8.59. The number of thiazole rings is 1. The first kappa shape index (κ1) is 19.4. The predicted octanol–water partition coefficient (Wildman–Crippen LogP) is 6.88. The summed E-state index contributed by atoms with van der Waals surface area (Å²) in [6.45, 7) is 2.06. The fourth-order valence-corrected chi connectivity index (χ4v) is 4.01. The minimum absolute atomic E-state index is 0.149. The van der Waals surface area contributed by atoms with Crippen molar-refractivity contribution in [3.05, 3.63) is 93.8 Å². The van der Waals surface area contributed by atoms with E-state index < -0.39 is 0 Å². The Hall–Kier alpha value is -2.96. The van der Waals surface area contributed by atoms with E-state index in [1.807, 2.05) is 60.0 Å². The number of para-hydroxylation sites is 1. The molecule has 0 aliphatic heterocycles. The van der Waals surface area contributed by atoms with Gasteiger partial charge >= 0.3 is 0 Å². The summed E-state index contributed by atoms with van der Waals surface area (Å²) in [4.78, 5) is 17.2. The Bertz CT molecular complexity index is 1170. The van der Waals surface area contributed by atoms with Crippen LogP contribution >= 0.6 is 27.3 Å². The molecule has 1 aromatic heterocycles. The Kier molecular flexibility index (Phi) is 5.74. The highest BCUT2D eigenvalue weighted by molar-refractivity contribution is 9.10. The van der Waals surface area contributed by atoms with E-state index >= 15 is 0 Å². The first-order chi connectivity index (χ1) is 14.1. The molecule has 0 atom stereocenters. The minimum atomic E-state index is -0.149. The van der Waals surface area contributed by atoms with Crippen molar-refractivity contribution in [1.82, 2.24) is 4.98 Å². The molecule has 0 saturated carbocycles. The van der Waals surface area contributed by atoms with Crippen LogP contribution < -0.4 is 10.6 Å². The fraction of sp³-hybridized carbons (Fsp3) is 0.0435. The van der Waals surface area contributed by atoms with Gasteiger partial charge in [-0.25, -0.2) is 4.98 Å². The summed E-state index contributed by atoms with van der Waals surface area (Å²) in [5.41, 5.74) is 5.36. The molecule has 0 saturated heterocycles. The Morgan fingerprint density at radius 1 is 1.00 bits per heavy atom. The average molecular weight is 464 g/mol. The molecule has 1 heterocycles. The number of aromatic nitrogens is 1. The third-order valence-electron chi connectivity index (χ3n) is 4.39. The smallest absolute Gasteiger partial charge is 0.255 e. The quantitative estimate of drug-likeness (QED) is 0.339. The molecule has 4 aromatic rings. The van der Waals surface area contributed by atoms with Gasteiger partial charge in [0.15, 0.2) is 5.13 Å². The predicted molar refractivity (Wildman–Crippen MR) is 124 cm³/mol. The van der Waals surface area contributed by atoms with Crippen LogP contribution in [0.4, 0.5) is 16.5 Å². The summed E-state index contributed by atoms with van der Waals surface area (Å²) in [6.07, 6.45) is 0. The summed E-state index contributed by atoms with van der Waals surface area (Å²) in [6, 6.07) is 23.1. The summed E-state index contributed by atoms with van der Waals surface area (Å²) in [5.74, 6) is -0.149. The maximum Gasteiger partial charge on any atom is 0.255 e. The van der Waals surface area contributed by atoms with Crippen molar-refractivity contribution in [3.8, 4) is 11.3 Å². The van der Waals surface area contributed by atoms with Crippen LogP contribution in [-0.4, -0.2) is 10.9 Å². The van der Waals surface area contributed by atoms with Crippen LogP contribution in [0.5, 0.6) is 0 Å². The van der Waals surface area contributed by atoms with Gasteiger partial charge in [0.2, 0.25) is 0 Å². The zero-order chi connectivity index (χ0) is 20.2. The van der Waals surface area contributed by atoms with Crippen LogP contribution in [0.3, 0.4) is 0 Å². The number of carbonyl (C=O) groups excluding carboxylic acids is 1. The second-order valence-corrected chi connectivity index (χ2v) is 8.30. The van der Waals surface area contributed by atoms with Crippen molar-refractivity contribution in [2.24, 2.45) is 0 Å². The van der Waals surface area contributed by atoms with Crippen molar-refractivity contribution in [1.29, 1.82) is 0 Å². The van der Waals surface area contributed by atoms with Gasteiger partial charge in [-0.1, -0.05) is 52.3 Å². The van der Waals surface area contributed by atoms with Gasteiger partial charge in [-0.2, -0.15) is 0 Å². The summed E-state index contributed by atoms with van der Waals surface area (Å²) < 4.78 is 0.870. The van der Waals surface area contributed by atoms with Gasteiger partial charge in [-0.15, -0.1) is 11.3 Å². The van der Waals surface area contributed by atoms with Crippen LogP contribution in [0.2, 0.25) is 0 Å². The minimum Gasteiger partial charge on any atom is -0.331 e. The SMILES string of the molecule is Cc1ccccc1Nc1nc(-c2cccc(NC(=O)c3cccc(Br)c3)c2)cs1.